The summed E-state index contributed by atoms with van der Waals surface area (Å²) in [6, 6.07) is 14.4. The Balaban J connectivity index is 1.67. The number of anilines is 1. The summed E-state index contributed by atoms with van der Waals surface area (Å²) in [5, 5.41) is 0.760. The molecule has 29 heavy (non-hydrogen) atoms. The van der Waals surface area contributed by atoms with Crippen LogP contribution in [-0.4, -0.2) is 49.4 Å². The van der Waals surface area contributed by atoms with Crippen LogP contribution in [0.5, 0.6) is 5.75 Å². The fourth-order valence-electron chi connectivity index (χ4n) is 3.59. The Kier molecular flexibility index (Phi) is 5.59. The van der Waals surface area contributed by atoms with Gasteiger partial charge in [0.1, 0.15) is 5.75 Å². The number of amidine groups is 1. The molecule has 2 aliphatic rings. The molecule has 0 radical (unpaired) electrons. The summed E-state index contributed by atoms with van der Waals surface area (Å²) in [6.07, 6.45) is 0.190. The van der Waals surface area contributed by atoms with Crippen LogP contribution < -0.4 is 9.64 Å². The van der Waals surface area contributed by atoms with Gasteiger partial charge in [-0.15, -0.1) is 0 Å². The van der Waals surface area contributed by atoms with Crippen LogP contribution in [0.25, 0.3) is 0 Å². The van der Waals surface area contributed by atoms with Crippen molar-refractivity contribution in [3.05, 3.63) is 59.1 Å². The molecule has 2 saturated heterocycles. The van der Waals surface area contributed by atoms with Gasteiger partial charge < -0.3 is 9.64 Å². The number of benzene rings is 2. The minimum Gasteiger partial charge on any atom is -0.495 e. The van der Waals surface area contributed by atoms with Crippen molar-refractivity contribution in [1.82, 2.24) is 0 Å². The van der Waals surface area contributed by atoms with Gasteiger partial charge in [-0.2, -0.15) is 4.99 Å². The van der Waals surface area contributed by atoms with Gasteiger partial charge in [0.2, 0.25) is 0 Å². The van der Waals surface area contributed by atoms with Crippen LogP contribution in [0.1, 0.15) is 5.56 Å². The zero-order valence-corrected chi connectivity index (χ0v) is 18.0. The molecule has 0 spiro atoms. The van der Waals surface area contributed by atoms with Crippen LogP contribution >= 0.6 is 23.4 Å². The standard InChI is InChI=1S/C20H19ClN2O4S2/c1-27-17-8-7-14(10-15(17)21)23-16-11-29(25,26)12-18(16)28-20(23)22-19(24)9-13-5-3-2-4-6-13/h2-8,10,16,18H,9,11-12H2,1H3/t16-,18+/m0/s1. The maximum Gasteiger partial charge on any atom is 0.252 e. The first-order valence-corrected chi connectivity index (χ1v) is 12.1. The number of methoxy groups -OCH3 is 1. The maximum atomic E-state index is 12.6. The predicted octanol–water partition coefficient (Wildman–Crippen LogP) is 3.19. The average Bonchev–Trinajstić information content (AvgIpc) is 3.13. The zero-order valence-electron chi connectivity index (χ0n) is 15.6. The highest BCUT2D eigenvalue weighted by atomic mass is 35.5. The van der Waals surface area contributed by atoms with Gasteiger partial charge in [0, 0.05) is 10.9 Å². The lowest BCUT2D eigenvalue weighted by Gasteiger charge is -2.25. The first kappa shape index (κ1) is 20.3. The minimum atomic E-state index is -3.13. The van der Waals surface area contributed by atoms with E-state index in [4.69, 9.17) is 16.3 Å². The second kappa shape index (κ2) is 8.01. The number of fused-ring (bicyclic) bond motifs is 1. The number of rotatable bonds is 4. The molecule has 6 nitrogen and oxygen atoms in total. The zero-order chi connectivity index (χ0) is 20.6. The molecule has 0 unspecified atom stereocenters. The third-order valence-electron chi connectivity index (χ3n) is 4.90. The van der Waals surface area contributed by atoms with Crippen LogP contribution in [0.3, 0.4) is 0 Å². The fraction of sp³-hybridized carbons (Fsp3) is 0.300. The topological polar surface area (TPSA) is 76.0 Å². The lowest BCUT2D eigenvalue weighted by molar-refractivity contribution is -0.117. The Morgan fingerprint density at radius 1 is 1.24 bits per heavy atom. The van der Waals surface area contributed by atoms with E-state index >= 15 is 0 Å². The number of sulfone groups is 1. The van der Waals surface area contributed by atoms with E-state index in [-0.39, 0.29) is 35.1 Å². The molecule has 2 aliphatic heterocycles. The average molecular weight is 451 g/mol. The first-order chi connectivity index (χ1) is 13.9. The highest BCUT2D eigenvalue weighted by molar-refractivity contribution is 8.16. The Morgan fingerprint density at radius 2 is 2.00 bits per heavy atom. The molecule has 2 aromatic rings. The molecular formula is C20H19ClN2O4S2. The van der Waals surface area contributed by atoms with E-state index in [0.29, 0.717) is 21.6 Å². The van der Waals surface area contributed by atoms with E-state index in [0.717, 1.165) is 5.56 Å². The summed E-state index contributed by atoms with van der Waals surface area (Å²) in [5.74, 6) is 0.358. The van der Waals surface area contributed by atoms with Gasteiger partial charge in [0.15, 0.2) is 15.0 Å². The fourth-order valence-corrected chi connectivity index (χ4v) is 7.77. The predicted molar refractivity (Wildman–Crippen MR) is 117 cm³/mol. The Hall–Kier alpha value is -2.03. The van der Waals surface area contributed by atoms with E-state index in [1.807, 2.05) is 35.2 Å². The van der Waals surface area contributed by atoms with Crippen molar-refractivity contribution >= 4 is 50.0 Å². The molecule has 0 N–H and O–H groups in total. The Labute approximate surface area is 178 Å². The lowest BCUT2D eigenvalue weighted by Crippen LogP contribution is -2.37. The molecule has 0 saturated carbocycles. The normalized spacial score (nSPS) is 23.9. The van der Waals surface area contributed by atoms with Crippen molar-refractivity contribution in [2.75, 3.05) is 23.5 Å². The minimum absolute atomic E-state index is 0.0280. The van der Waals surface area contributed by atoms with Crippen molar-refractivity contribution in [3.8, 4) is 5.75 Å². The van der Waals surface area contributed by atoms with Crippen LogP contribution in [0.4, 0.5) is 5.69 Å². The van der Waals surface area contributed by atoms with Crippen molar-refractivity contribution in [1.29, 1.82) is 0 Å². The Bertz CT molecular complexity index is 1070. The summed E-state index contributed by atoms with van der Waals surface area (Å²) < 4.78 is 29.5. The second-order valence-corrected chi connectivity index (χ2v) is 10.7. The number of hydrogen-bond acceptors (Lipinski definition) is 5. The van der Waals surface area contributed by atoms with E-state index in [1.54, 1.807) is 18.2 Å². The molecule has 2 heterocycles. The number of amides is 1. The highest BCUT2D eigenvalue weighted by Gasteiger charge is 2.49. The molecule has 2 fully saturated rings. The summed E-state index contributed by atoms with van der Waals surface area (Å²) in [5.41, 5.74) is 1.57. The van der Waals surface area contributed by atoms with E-state index in [1.165, 1.54) is 18.9 Å². The van der Waals surface area contributed by atoms with Gasteiger partial charge in [-0.05, 0) is 23.8 Å². The van der Waals surface area contributed by atoms with Gasteiger partial charge >= 0.3 is 0 Å². The smallest absolute Gasteiger partial charge is 0.252 e. The van der Waals surface area contributed by atoms with Gasteiger partial charge in [0.25, 0.3) is 5.91 Å². The number of ether oxygens (including phenoxy) is 1. The molecule has 4 rings (SSSR count). The Morgan fingerprint density at radius 3 is 2.69 bits per heavy atom. The summed E-state index contributed by atoms with van der Waals surface area (Å²) >= 11 is 7.63. The molecule has 152 valence electrons. The highest BCUT2D eigenvalue weighted by Crippen LogP contribution is 2.42. The molecule has 0 aromatic heterocycles. The number of hydrogen-bond donors (Lipinski definition) is 0. The molecular weight excluding hydrogens is 432 g/mol. The number of halogens is 1. The van der Waals surface area contributed by atoms with Gasteiger partial charge in [-0.25, -0.2) is 8.42 Å². The molecule has 2 aromatic carbocycles. The van der Waals surface area contributed by atoms with E-state index < -0.39 is 9.84 Å². The third-order valence-corrected chi connectivity index (χ3v) is 8.40. The monoisotopic (exact) mass is 450 g/mol. The van der Waals surface area contributed by atoms with Crippen LogP contribution in [0.15, 0.2) is 53.5 Å². The number of aliphatic imine (C=N–C) groups is 1. The van der Waals surface area contributed by atoms with E-state index in [9.17, 15) is 13.2 Å². The van der Waals surface area contributed by atoms with Crippen LogP contribution in [0, 0.1) is 0 Å². The van der Waals surface area contributed by atoms with Crippen molar-refractivity contribution < 1.29 is 17.9 Å². The molecule has 0 bridgehead atoms. The van der Waals surface area contributed by atoms with Crippen molar-refractivity contribution in [2.45, 2.75) is 17.7 Å². The van der Waals surface area contributed by atoms with Gasteiger partial charge in [-0.3, -0.25) is 4.79 Å². The quantitative estimate of drug-likeness (QED) is 0.712. The van der Waals surface area contributed by atoms with Crippen molar-refractivity contribution in [3.63, 3.8) is 0 Å². The first-order valence-electron chi connectivity index (χ1n) is 9.01. The number of carbonyl (C=O) groups is 1. The third kappa shape index (κ3) is 4.29. The number of carbonyl (C=O) groups excluding carboxylic acids is 1. The molecule has 1 amide bonds. The maximum absolute atomic E-state index is 12.6. The summed E-state index contributed by atoms with van der Waals surface area (Å²) in [4.78, 5) is 18.7. The number of nitrogens with zero attached hydrogens (tertiary/aromatic N) is 2. The molecule has 0 aliphatic carbocycles. The van der Waals surface area contributed by atoms with Crippen LogP contribution in [0.2, 0.25) is 5.02 Å². The van der Waals surface area contributed by atoms with Gasteiger partial charge in [-0.1, -0.05) is 53.7 Å². The van der Waals surface area contributed by atoms with Crippen molar-refractivity contribution in [2.24, 2.45) is 4.99 Å². The summed E-state index contributed by atoms with van der Waals surface area (Å²) in [7, 11) is -1.60. The second-order valence-electron chi connectivity index (χ2n) is 6.94. The molecule has 2 atom stereocenters. The lowest BCUT2D eigenvalue weighted by atomic mass is 10.1. The SMILES string of the molecule is COc1ccc(N2C(=NC(=O)Cc3ccccc3)S[C@@H]3CS(=O)(=O)C[C@@H]32)cc1Cl. The van der Waals surface area contributed by atoms with Gasteiger partial charge in [0.05, 0.1) is 36.1 Å². The van der Waals surface area contributed by atoms with E-state index in [2.05, 4.69) is 4.99 Å². The molecule has 9 heteroatoms. The summed E-state index contributed by atoms with van der Waals surface area (Å²) in [6.45, 7) is 0. The van der Waals surface area contributed by atoms with Crippen LogP contribution in [-0.2, 0) is 21.1 Å². The largest absolute Gasteiger partial charge is 0.495 e. The number of thioether (sulfide) groups is 1.